The van der Waals surface area contributed by atoms with Gasteiger partial charge in [-0.2, -0.15) is 11.8 Å². The van der Waals surface area contributed by atoms with Crippen LogP contribution in [0.1, 0.15) is 0 Å². The smallest absolute Gasteiger partial charge is 0.270 e. The number of non-ortho nitro benzene ring substituents is 1. The number of nitro groups is 1. The van der Waals surface area contributed by atoms with Crippen molar-refractivity contribution >= 4 is 45.7 Å². The van der Waals surface area contributed by atoms with E-state index < -0.39 is 0 Å². The highest BCUT2D eigenvalue weighted by Crippen LogP contribution is 2.23. The highest BCUT2D eigenvalue weighted by Gasteiger charge is 2.08. The summed E-state index contributed by atoms with van der Waals surface area (Å²) in [5.41, 5.74) is 1.09. The van der Waals surface area contributed by atoms with Crippen LogP contribution in [0.3, 0.4) is 0 Å². The third-order valence-corrected chi connectivity index (χ3v) is 3.29. The zero-order chi connectivity index (χ0) is 11.3. The summed E-state index contributed by atoms with van der Waals surface area (Å²) in [6, 6.07) is 4.84. The number of hydrogen-bond donors (Lipinski definition) is 1. The zero-order valence-corrected chi connectivity index (χ0v) is 11.2. The Morgan fingerprint density at radius 1 is 1.60 bits per heavy atom. The number of nitrogens with one attached hydrogen (secondary N) is 1. The Morgan fingerprint density at radius 3 is 2.87 bits per heavy atom. The van der Waals surface area contributed by atoms with Crippen LogP contribution >= 0.6 is 34.4 Å². The largest absolute Gasteiger partial charge is 0.383 e. The molecule has 0 aromatic heterocycles. The highest BCUT2D eigenvalue weighted by atomic mass is 127. The van der Waals surface area contributed by atoms with Crippen LogP contribution < -0.4 is 5.32 Å². The van der Waals surface area contributed by atoms with Gasteiger partial charge in [0.05, 0.1) is 4.92 Å². The first-order valence-electron chi connectivity index (χ1n) is 4.32. The zero-order valence-electron chi connectivity index (χ0n) is 8.20. The molecule has 82 valence electrons. The summed E-state index contributed by atoms with van der Waals surface area (Å²) in [5.74, 6) is 1.02. The predicted molar refractivity (Wildman–Crippen MR) is 72.7 cm³/mol. The third kappa shape index (κ3) is 3.86. The van der Waals surface area contributed by atoms with Crippen molar-refractivity contribution < 1.29 is 4.92 Å². The van der Waals surface area contributed by atoms with Gasteiger partial charge in [0.25, 0.3) is 5.69 Å². The minimum atomic E-state index is -0.381. The van der Waals surface area contributed by atoms with Crippen molar-refractivity contribution in [1.29, 1.82) is 0 Å². The van der Waals surface area contributed by atoms with Gasteiger partial charge in [0.2, 0.25) is 0 Å². The maximum absolute atomic E-state index is 10.5. The van der Waals surface area contributed by atoms with Crippen molar-refractivity contribution in [3.63, 3.8) is 0 Å². The van der Waals surface area contributed by atoms with E-state index in [1.807, 2.05) is 6.26 Å². The summed E-state index contributed by atoms with van der Waals surface area (Å²) in [6.45, 7) is 0.870. The first kappa shape index (κ1) is 12.6. The van der Waals surface area contributed by atoms with Crippen molar-refractivity contribution in [2.24, 2.45) is 0 Å². The fourth-order valence-electron chi connectivity index (χ4n) is 1.05. The minimum absolute atomic E-state index is 0.134. The van der Waals surface area contributed by atoms with Crippen LogP contribution in [0, 0.1) is 13.7 Å². The van der Waals surface area contributed by atoms with Gasteiger partial charge >= 0.3 is 0 Å². The molecule has 15 heavy (non-hydrogen) atoms. The van der Waals surface area contributed by atoms with E-state index in [1.54, 1.807) is 23.9 Å². The molecular formula is C9H11IN2O2S. The van der Waals surface area contributed by atoms with E-state index in [-0.39, 0.29) is 10.6 Å². The molecule has 4 nitrogen and oxygen atoms in total. The maximum Gasteiger partial charge on any atom is 0.270 e. The molecule has 0 aliphatic carbocycles. The molecule has 0 heterocycles. The molecule has 0 saturated heterocycles. The molecule has 0 fully saturated rings. The fourth-order valence-corrected chi connectivity index (χ4v) is 2.04. The fraction of sp³-hybridized carbons (Fsp3) is 0.333. The summed E-state index contributed by atoms with van der Waals surface area (Å²) in [7, 11) is 0. The van der Waals surface area contributed by atoms with Crippen LogP contribution in [0.15, 0.2) is 18.2 Å². The Hall–Kier alpha value is -0.500. The van der Waals surface area contributed by atoms with Gasteiger partial charge in [-0.05, 0) is 34.9 Å². The monoisotopic (exact) mass is 338 g/mol. The van der Waals surface area contributed by atoms with Crippen LogP contribution in [0.25, 0.3) is 0 Å². The number of benzene rings is 1. The lowest BCUT2D eigenvalue weighted by Gasteiger charge is -2.07. The van der Waals surface area contributed by atoms with Crippen molar-refractivity contribution in [1.82, 2.24) is 0 Å². The molecule has 0 spiro atoms. The lowest BCUT2D eigenvalue weighted by molar-refractivity contribution is -0.384. The van der Waals surface area contributed by atoms with E-state index in [4.69, 9.17) is 0 Å². The van der Waals surface area contributed by atoms with E-state index in [2.05, 4.69) is 27.9 Å². The molecule has 1 aromatic rings. The van der Waals surface area contributed by atoms with Crippen LogP contribution in [0.4, 0.5) is 11.4 Å². The van der Waals surface area contributed by atoms with Crippen molar-refractivity contribution in [3.8, 4) is 0 Å². The molecule has 6 heteroatoms. The average Bonchev–Trinajstić information content (AvgIpc) is 2.20. The van der Waals surface area contributed by atoms with E-state index in [0.29, 0.717) is 0 Å². The predicted octanol–water partition coefficient (Wildman–Crippen LogP) is 2.97. The van der Waals surface area contributed by atoms with Gasteiger partial charge in [0.15, 0.2) is 0 Å². The second-order valence-corrected chi connectivity index (χ2v) is 4.99. The van der Waals surface area contributed by atoms with Gasteiger partial charge in [-0.15, -0.1) is 0 Å². The van der Waals surface area contributed by atoms with Gasteiger partial charge < -0.3 is 5.32 Å². The van der Waals surface area contributed by atoms with Crippen molar-refractivity contribution in [2.45, 2.75) is 0 Å². The summed E-state index contributed by atoms with van der Waals surface area (Å²) in [4.78, 5) is 10.1. The number of halogens is 1. The average molecular weight is 338 g/mol. The van der Waals surface area contributed by atoms with Crippen molar-refractivity contribution in [2.75, 3.05) is 23.9 Å². The molecule has 1 rings (SSSR count). The number of thioether (sulfide) groups is 1. The summed E-state index contributed by atoms with van der Waals surface area (Å²) < 4.78 is 0.878. The highest BCUT2D eigenvalue weighted by molar-refractivity contribution is 14.1. The summed E-state index contributed by atoms with van der Waals surface area (Å²) in [6.07, 6.45) is 2.04. The lowest BCUT2D eigenvalue weighted by atomic mass is 10.3. The lowest BCUT2D eigenvalue weighted by Crippen LogP contribution is -2.05. The maximum atomic E-state index is 10.5. The topological polar surface area (TPSA) is 55.2 Å². The molecule has 0 unspecified atom stereocenters. The molecule has 0 saturated carbocycles. The number of nitrogens with zero attached hydrogens (tertiary/aromatic N) is 1. The first-order chi connectivity index (χ1) is 7.15. The van der Waals surface area contributed by atoms with Gasteiger partial charge in [-0.25, -0.2) is 0 Å². The molecule has 0 radical (unpaired) electrons. The molecule has 0 aliphatic rings. The van der Waals surface area contributed by atoms with E-state index >= 15 is 0 Å². The number of anilines is 1. The van der Waals surface area contributed by atoms with Gasteiger partial charge in [-0.3, -0.25) is 10.1 Å². The second kappa shape index (κ2) is 6.16. The number of rotatable bonds is 5. The third-order valence-electron chi connectivity index (χ3n) is 1.79. The Bertz CT molecular complexity index is 360. The first-order valence-corrected chi connectivity index (χ1v) is 6.79. The van der Waals surface area contributed by atoms with Crippen molar-refractivity contribution in [3.05, 3.63) is 31.9 Å². The van der Waals surface area contributed by atoms with E-state index in [9.17, 15) is 10.1 Å². The molecule has 0 atom stereocenters. The summed E-state index contributed by atoms with van der Waals surface area (Å²) in [5, 5.41) is 13.7. The van der Waals surface area contributed by atoms with Crippen LogP contribution in [0.5, 0.6) is 0 Å². The molecule has 1 N–H and O–H groups in total. The number of nitro benzene ring substituents is 1. The Kier molecular flexibility index (Phi) is 5.16. The van der Waals surface area contributed by atoms with E-state index in [1.165, 1.54) is 6.07 Å². The second-order valence-electron chi connectivity index (χ2n) is 2.84. The minimum Gasteiger partial charge on any atom is -0.383 e. The number of hydrogen-bond acceptors (Lipinski definition) is 4. The SMILES string of the molecule is CSCCNc1ccc([N+](=O)[O-])cc1I. The van der Waals surface area contributed by atoms with Gasteiger partial charge in [0, 0.05) is 33.7 Å². The normalized spacial score (nSPS) is 10.0. The molecule has 1 aromatic carbocycles. The molecule has 0 bridgehead atoms. The summed E-state index contributed by atoms with van der Waals surface area (Å²) >= 11 is 3.86. The molecule has 0 amide bonds. The van der Waals surface area contributed by atoms with Crippen LogP contribution in [0.2, 0.25) is 0 Å². The molecule has 0 aliphatic heterocycles. The van der Waals surface area contributed by atoms with Crippen LogP contribution in [-0.4, -0.2) is 23.5 Å². The van der Waals surface area contributed by atoms with Gasteiger partial charge in [-0.1, -0.05) is 0 Å². The Labute approximate surface area is 106 Å². The quantitative estimate of drug-likeness (QED) is 0.388. The Balaban J connectivity index is 2.70. The van der Waals surface area contributed by atoms with Crippen LogP contribution in [-0.2, 0) is 0 Å². The van der Waals surface area contributed by atoms with Gasteiger partial charge in [0.1, 0.15) is 0 Å². The van der Waals surface area contributed by atoms with E-state index in [0.717, 1.165) is 21.6 Å². The standard InChI is InChI=1S/C9H11IN2O2S/c1-15-5-4-11-9-3-2-7(12(13)14)6-8(9)10/h2-3,6,11H,4-5H2,1H3. The Morgan fingerprint density at radius 2 is 2.33 bits per heavy atom. The molecular weight excluding hydrogens is 327 g/mol.